The Hall–Kier alpha value is -1.70. The van der Waals surface area contributed by atoms with Gasteiger partial charge in [0.25, 0.3) is 0 Å². The van der Waals surface area contributed by atoms with Crippen molar-refractivity contribution < 1.29 is 8.96 Å². The fourth-order valence-corrected chi connectivity index (χ4v) is 2.32. The lowest BCUT2D eigenvalue weighted by atomic mass is 9.86. The van der Waals surface area contributed by atoms with Crippen LogP contribution < -0.4 is 4.57 Å². The molecule has 0 aliphatic rings. The smallest absolute Gasteiger partial charge is 0.200 e. The predicted molar refractivity (Wildman–Crippen MR) is 76.4 cm³/mol. The van der Waals surface area contributed by atoms with Crippen molar-refractivity contribution in [3.05, 3.63) is 53.5 Å². The number of nitrogens with zero attached hydrogens (tertiary/aromatic N) is 1. The number of benzene rings is 1. The zero-order chi connectivity index (χ0) is 14.2. The molecule has 0 radical (unpaired) electrons. The first kappa shape index (κ1) is 13.7. The van der Waals surface area contributed by atoms with Gasteiger partial charge in [0.05, 0.1) is 0 Å². The predicted octanol–water partition coefficient (Wildman–Crippen LogP) is 3.92. The molecule has 1 aromatic heterocycles. The van der Waals surface area contributed by atoms with Gasteiger partial charge in [-0.05, 0) is 24.0 Å². The molecule has 2 aromatic rings. The molecule has 1 aromatic carbocycles. The second kappa shape index (κ2) is 4.76. The number of hydrogen-bond donors (Lipinski definition) is 0. The maximum absolute atomic E-state index is 14.1. The van der Waals surface area contributed by atoms with Crippen molar-refractivity contribution in [3.8, 4) is 11.3 Å². The summed E-state index contributed by atoms with van der Waals surface area (Å²) in [7, 11) is 1.89. The lowest BCUT2D eigenvalue weighted by Crippen LogP contribution is -2.33. The molecule has 1 nitrogen and oxygen atoms in total. The Balaban J connectivity index is 2.69. The quantitative estimate of drug-likeness (QED) is 0.682. The minimum absolute atomic E-state index is 0.146. The lowest BCUT2D eigenvalue weighted by Gasteiger charge is -2.19. The number of rotatable bonds is 1. The van der Waals surface area contributed by atoms with Crippen molar-refractivity contribution in [2.24, 2.45) is 7.05 Å². The van der Waals surface area contributed by atoms with Gasteiger partial charge in [0.15, 0.2) is 5.82 Å². The number of halogens is 1. The first-order chi connectivity index (χ1) is 8.80. The third-order valence-electron chi connectivity index (χ3n) is 3.45. The van der Waals surface area contributed by atoms with Gasteiger partial charge in [-0.25, -0.2) is 4.39 Å². The molecule has 19 heavy (non-hydrogen) atoms. The average molecular weight is 258 g/mol. The summed E-state index contributed by atoms with van der Waals surface area (Å²) in [5.74, 6) is -0.146. The Kier molecular flexibility index (Phi) is 3.44. The number of hydrogen-bond acceptors (Lipinski definition) is 0. The lowest BCUT2D eigenvalue weighted by molar-refractivity contribution is -0.662. The van der Waals surface area contributed by atoms with Crippen molar-refractivity contribution >= 4 is 0 Å². The largest absolute Gasteiger partial charge is 0.212 e. The molecule has 0 atom stereocenters. The molecule has 0 aliphatic carbocycles. The Morgan fingerprint density at radius 1 is 1.11 bits per heavy atom. The van der Waals surface area contributed by atoms with E-state index in [1.807, 2.05) is 50.6 Å². The van der Waals surface area contributed by atoms with Crippen LogP contribution in [0.25, 0.3) is 11.3 Å². The Morgan fingerprint density at radius 3 is 2.32 bits per heavy atom. The van der Waals surface area contributed by atoms with Crippen LogP contribution in [0.15, 0.2) is 36.5 Å². The maximum Gasteiger partial charge on any atom is 0.212 e. The first-order valence-electron chi connectivity index (χ1n) is 6.56. The van der Waals surface area contributed by atoms with Crippen LogP contribution in [0.4, 0.5) is 4.39 Å². The van der Waals surface area contributed by atoms with Crippen molar-refractivity contribution in [3.63, 3.8) is 0 Å². The molecule has 0 N–H and O–H groups in total. The zero-order valence-electron chi connectivity index (χ0n) is 12.3. The summed E-state index contributed by atoms with van der Waals surface area (Å²) in [4.78, 5) is 0. The molecular formula is C17H21FN+. The molecule has 0 saturated heterocycles. The molecule has 0 saturated carbocycles. The van der Waals surface area contributed by atoms with Crippen LogP contribution in [0.3, 0.4) is 0 Å². The van der Waals surface area contributed by atoms with Gasteiger partial charge in [-0.2, -0.15) is 4.57 Å². The van der Waals surface area contributed by atoms with Crippen LogP contribution in [-0.2, 0) is 12.5 Å². The highest BCUT2D eigenvalue weighted by molar-refractivity contribution is 5.61. The summed E-state index contributed by atoms with van der Waals surface area (Å²) in [6.45, 7) is 8.18. The van der Waals surface area contributed by atoms with Crippen LogP contribution in [0, 0.1) is 12.7 Å². The molecule has 2 heteroatoms. The van der Waals surface area contributed by atoms with E-state index in [2.05, 4.69) is 19.1 Å². The molecule has 0 bridgehead atoms. The summed E-state index contributed by atoms with van der Waals surface area (Å²) in [6.07, 6.45) is 1.57. The minimum Gasteiger partial charge on any atom is -0.200 e. The van der Waals surface area contributed by atoms with Crippen molar-refractivity contribution in [1.82, 2.24) is 0 Å². The van der Waals surface area contributed by atoms with Gasteiger partial charge in [-0.1, -0.05) is 39.0 Å². The molecule has 0 amide bonds. The van der Waals surface area contributed by atoms with E-state index in [1.54, 1.807) is 6.20 Å². The summed E-state index contributed by atoms with van der Waals surface area (Å²) in [5, 5.41) is 0. The van der Waals surface area contributed by atoms with Crippen molar-refractivity contribution in [1.29, 1.82) is 0 Å². The average Bonchev–Trinajstić information content (AvgIpc) is 2.29. The van der Waals surface area contributed by atoms with E-state index < -0.39 is 0 Å². The second-order valence-electron chi connectivity index (χ2n) is 6.10. The minimum atomic E-state index is -0.199. The van der Waals surface area contributed by atoms with Crippen LogP contribution in [0.1, 0.15) is 31.9 Å². The van der Waals surface area contributed by atoms with Gasteiger partial charge in [-0.15, -0.1) is 0 Å². The van der Waals surface area contributed by atoms with Crippen LogP contribution in [0.2, 0.25) is 0 Å². The molecule has 1 heterocycles. The van der Waals surface area contributed by atoms with E-state index >= 15 is 0 Å². The van der Waals surface area contributed by atoms with Crippen molar-refractivity contribution in [2.45, 2.75) is 33.1 Å². The number of pyridine rings is 1. The molecule has 0 unspecified atom stereocenters. The SMILES string of the molecule is Cc1ccccc1-c1cc(C(C)(C)C)c(F)c[n+]1C. The van der Waals surface area contributed by atoms with E-state index in [1.165, 1.54) is 5.56 Å². The number of aryl methyl sites for hydroxylation is 2. The highest BCUT2D eigenvalue weighted by atomic mass is 19.1. The maximum atomic E-state index is 14.1. The Morgan fingerprint density at radius 2 is 1.74 bits per heavy atom. The van der Waals surface area contributed by atoms with Gasteiger partial charge in [0.2, 0.25) is 11.9 Å². The van der Waals surface area contributed by atoms with Gasteiger partial charge in [0.1, 0.15) is 7.05 Å². The van der Waals surface area contributed by atoms with Gasteiger partial charge in [-0.3, -0.25) is 0 Å². The molecule has 0 fully saturated rings. The highest BCUT2D eigenvalue weighted by Gasteiger charge is 2.24. The van der Waals surface area contributed by atoms with E-state index in [0.29, 0.717) is 0 Å². The van der Waals surface area contributed by atoms with Gasteiger partial charge in [0, 0.05) is 17.2 Å². The Labute approximate surface area is 114 Å². The summed E-state index contributed by atoms with van der Waals surface area (Å²) < 4.78 is 16.0. The summed E-state index contributed by atoms with van der Waals surface area (Å²) in [5.41, 5.74) is 3.95. The van der Waals surface area contributed by atoms with E-state index in [0.717, 1.165) is 16.8 Å². The fourth-order valence-electron chi connectivity index (χ4n) is 2.32. The fraction of sp³-hybridized carbons (Fsp3) is 0.353. The van der Waals surface area contributed by atoms with Crippen molar-refractivity contribution in [2.75, 3.05) is 0 Å². The zero-order valence-corrected chi connectivity index (χ0v) is 12.3. The molecule has 0 aliphatic heterocycles. The molecular weight excluding hydrogens is 237 g/mol. The molecule has 2 rings (SSSR count). The number of aromatic nitrogens is 1. The van der Waals surface area contributed by atoms with Crippen LogP contribution in [0.5, 0.6) is 0 Å². The van der Waals surface area contributed by atoms with Crippen LogP contribution in [-0.4, -0.2) is 0 Å². The standard InChI is InChI=1S/C17H21FN/c1-12-8-6-7-9-13(12)16-10-14(17(2,3)4)15(18)11-19(16)5/h6-11H,1-5H3/q+1. The second-order valence-corrected chi connectivity index (χ2v) is 6.10. The molecule has 100 valence electrons. The monoisotopic (exact) mass is 258 g/mol. The highest BCUT2D eigenvalue weighted by Crippen LogP contribution is 2.28. The van der Waals surface area contributed by atoms with E-state index in [4.69, 9.17) is 0 Å². The third kappa shape index (κ3) is 2.67. The van der Waals surface area contributed by atoms with E-state index in [9.17, 15) is 4.39 Å². The molecule has 0 spiro atoms. The third-order valence-corrected chi connectivity index (χ3v) is 3.45. The normalized spacial score (nSPS) is 11.7. The Bertz CT molecular complexity index is 609. The first-order valence-corrected chi connectivity index (χ1v) is 6.56. The van der Waals surface area contributed by atoms with Gasteiger partial charge < -0.3 is 0 Å². The van der Waals surface area contributed by atoms with Gasteiger partial charge >= 0.3 is 0 Å². The summed E-state index contributed by atoms with van der Waals surface area (Å²) in [6, 6.07) is 10.2. The van der Waals surface area contributed by atoms with Crippen LogP contribution >= 0.6 is 0 Å². The summed E-state index contributed by atoms with van der Waals surface area (Å²) >= 11 is 0. The topological polar surface area (TPSA) is 3.88 Å². The van der Waals surface area contributed by atoms with E-state index in [-0.39, 0.29) is 11.2 Å².